The highest BCUT2D eigenvalue weighted by Gasteiger charge is 2.20. The van der Waals surface area contributed by atoms with Crippen molar-refractivity contribution in [3.63, 3.8) is 0 Å². The molecule has 6 rings (SSSR count). The molecule has 0 saturated heterocycles. The first-order chi connectivity index (χ1) is 28.1. The van der Waals surface area contributed by atoms with E-state index in [4.69, 9.17) is 14.2 Å². The van der Waals surface area contributed by atoms with Crippen molar-refractivity contribution in [3.8, 4) is 23.0 Å². The predicted molar refractivity (Wildman–Crippen MR) is 220 cm³/mol. The first-order valence-electron chi connectivity index (χ1n) is 18.7. The number of amides is 2. The number of aromatic amines is 1. The molecule has 1 aromatic heterocycles. The second-order valence-corrected chi connectivity index (χ2v) is 13.6. The topological polar surface area (TPSA) is 183 Å². The summed E-state index contributed by atoms with van der Waals surface area (Å²) in [4.78, 5) is 41.8. The van der Waals surface area contributed by atoms with E-state index in [9.17, 15) is 29.7 Å². The van der Waals surface area contributed by atoms with E-state index in [1.165, 1.54) is 12.1 Å². The molecule has 0 radical (unpaired) electrons. The average Bonchev–Trinajstić information content (AvgIpc) is 3.24. The van der Waals surface area contributed by atoms with Crippen LogP contribution in [0, 0.1) is 0 Å². The Labute approximate surface area is 335 Å². The number of pyridine rings is 1. The van der Waals surface area contributed by atoms with Crippen LogP contribution >= 0.6 is 0 Å². The van der Waals surface area contributed by atoms with E-state index in [0.717, 1.165) is 22.3 Å². The van der Waals surface area contributed by atoms with Crippen LogP contribution in [0.4, 0.5) is 4.79 Å². The lowest BCUT2D eigenvalue weighted by Gasteiger charge is -2.24. The maximum absolute atomic E-state index is 14.1. The lowest BCUT2D eigenvalue weighted by atomic mass is 9.98. The third-order valence-electron chi connectivity index (χ3n) is 9.73. The molecule has 1 unspecified atom stereocenters. The van der Waals surface area contributed by atoms with Crippen molar-refractivity contribution < 1.29 is 39.1 Å². The van der Waals surface area contributed by atoms with Gasteiger partial charge in [-0.3, -0.25) is 9.59 Å². The number of H-pyrrole nitrogens is 1. The van der Waals surface area contributed by atoms with Crippen LogP contribution in [0.15, 0.2) is 126 Å². The quantitative estimate of drug-likeness (QED) is 0.0524. The summed E-state index contributed by atoms with van der Waals surface area (Å²) >= 11 is 0. The van der Waals surface area contributed by atoms with Crippen molar-refractivity contribution in [2.24, 2.45) is 0 Å². The molecule has 13 nitrogen and oxygen atoms in total. The van der Waals surface area contributed by atoms with Crippen LogP contribution < -0.4 is 30.4 Å². The number of hydrogen-bond donors (Lipinski definition) is 6. The fourth-order valence-corrected chi connectivity index (χ4v) is 6.74. The zero-order valence-corrected chi connectivity index (χ0v) is 32.2. The van der Waals surface area contributed by atoms with Gasteiger partial charge in [-0.15, -0.1) is 0 Å². The number of carbonyl (C=O) groups is 2. The first-order valence-corrected chi connectivity index (χ1v) is 18.7. The van der Waals surface area contributed by atoms with E-state index >= 15 is 0 Å². The largest absolute Gasteiger partial charge is 0.506 e. The Morgan fingerprint density at radius 2 is 1.60 bits per heavy atom. The number of phenolic OH excluding ortho intramolecular Hbond substituents is 1. The fraction of sp³-hybridized carbons (Fsp3) is 0.222. The van der Waals surface area contributed by atoms with Crippen molar-refractivity contribution in [1.82, 2.24) is 20.5 Å². The Morgan fingerprint density at radius 3 is 2.34 bits per heavy atom. The minimum atomic E-state index is -1.13. The molecule has 13 heteroatoms. The third kappa shape index (κ3) is 10.3. The van der Waals surface area contributed by atoms with Crippen LogP contribution in [0.25, 0.3) is 10.9 Å². The second-order valence-electron chi connectivity index (χ2n) is 13.6. The molecule has 2 amide bonds. The maximum Gasteiger partial charge on any atom is 0.405 e. The predicted octanol–water partition coefficient (Wildman–Crippen LogP) is 6.54. The Kier molecular flexibility index (Phi) is 13.6. The molecule has 6 aromatic rings. The van der Waals surface area contributed by atoms with Gasteiger partial charge in [-0.05, 0) is 83.8 Å². The summed E-state index contributed by atoms with van der Waals surface area (Å²) in [6, 6.07) is 34.7. The summed E-state index contributed by atoms with van der Waals surface area (Å²) in [6.07, 6.45) is -1.48. The van der Waals surface area contributed by atoms with Crippen LogP contribution in [0.3, 0.4) is 0 Å². The summed E-state index contributed by atoms with van der Waals surface area (Å²) < 4.78 is 17.1. The number of aliphatic hydroxyl groups is 1. The van der Waals surface area contributed by atoms with Crippen LogP contribution in [0.1, 0.15) is 56.7 Å². The average molecular weight is 787 g/mol. The van der Waals surface area contributed by atoms with Gasteiger partial charge in [0.05, 0.1) is 31.9 Å². The molecule has 5 aromatic carbocycles. The maximum atomic E-state index is 14.1. The number of ether oxygens (including phenoxy) is 3. The van der Waals surface area contributed by atoms with Crippen LogP contribution in [-0.4, -0.2) is 71.1 Å². The fourth-order valence-electron chi connectivity index (χ4n) is 6.74. The molecular weight excluding hydrogens is 741 g/mol. The molecular formula is C45H46N4O9. The highest BCUT2D eigenvalue weighted by molar-refractivity contribution is 5.94. The number of fused-ring (bicyclic) bond motifs is 1. The number of benzene rings is 5. The Hall–Kier alpha value is -6.83. The molecule has 6 N–H and O–H groups in total. The third-order valence-corrected chi connectivity index (χ3v) is 9.73. The molecule has 0 aliphatic heterocycles. The minimum Gasteiger partial charge on any atom is -0.506 e. The highest BCUT2D eigenvalue weighted by atomic mass is 16.5. The van der Waals surface area contributed by atoms with Crippen molar-refractivity contribution >= 4 is 22.9 Å². The molecule has 0 aliphatic rings. The van der Waals surface area contributed by atoms with Gasteiger partial charge in [0.2, 0.25) is 5.56 Å². The lowest BCUT2D eigenvalue weighted by molar-refractivity contribution is 0.0739. The van der Waals surface area contributed by atoms with Crippen LogP contribution in [-0.2, 0) is 13.2 Å². The van der Waals surface area contributed by atoms with Gasteiger partial charge in [-0.1, -0.05) is 60.7 Å². The van der Waals surface area contributed by atoms with Gasteiger partial charge < -0.3 is 50.0 Å². The molecule has 58 heavy (non-hydrogen) atoms. The molecule has 0 spiro atoms. The van der Waals surface area contributed by atoms with E-state index in [1.54, 1.807) is 49.5 Å². The molecule has 0 aliphatic carbocycles. The number of methoxy groups -OCH3 is 2. The van der Waals surface area contributed by atoms with Gasteiger partial charge in [0.25, 0.3) is 5.91 Å². The van der Waals surface area contributed by atoms with Crippen molar-refractivity contribution in [2.75, 3.05) is 33.9 Å². The number of aromatic hydroxyl groups is 1. The van der Waals surface area contributed by atoms with Crippen LogP contribution in [0.5, 0.6) is 23.0 Å². The summed E-state index contributed by atoms with van der Waals surface area (Å²) in [5.41, 5.74) is 4.14. The van der Waals surface area contributed by atoms with Gasteiger partial charge >= 0.3 is 6.09 Å². The van der Waals surface area contributed by atoms with E-state index in [0.29, 0.717) is 53.3 Å². The number of aromatic nitrogens is 1. The van der Waals surface area contributed by atoms with Crippen molar-refractivity contribution in [3.05, 3.63) is 165 Å². The van der Waals surface area contributed by atoms with E-state index in [-0.39, 0.29) is 42.4 Å². The monoisotopic (exact) mass is 786 g/mol. The molecule has 2 atom stereocenters. The summed E-state index contributed by atoms with van der Waals surface area (Å²) in [6.45, 7) is 1.59. The molecule has 300 valence electrons. The lowest BCUT2D eigenvalue weighted by Crippen LogP contribution is -2.34. The van der Waals surface area contributed by atoms with Gasteiger partial charge in [0, 0.05) is 48.3 Å². The van der Waals surface area contributed by atoms with Gasteiger partial charge in [0.15, 0.2) is 0 Å². The van der Waals surface area contributed by atoms with Crippen LogP contribution in [0.2, 0.25) is 0 Å². The Bertz CT molecular complexity index is 2390. The smallest absolute Gasteiger partial charge is 0.405 e. The number of carboxylic acid groups (broad SMARTS) is 1. The Morgan fingerprint density at radius 1 is 0.828 bits per heavy atom. The number of hydrogen-bond acceptors (Lipinski definition) is 9. The number of nitrogens with one attached hydrogen (secondary N) is 3. The molecule has 0 bridgehead atoms. The summed E-state index contributed by atoms with van der Waals surface area (Å²) in [5, 5.41) is 37.1. The number of aliphatic hydroxyl groups excluding tert-OH is 1. The van der Waals surface area contributed by atoms with Gasteiger partial charge in [-0.2, -0.15) is 0 Å². The van der Waals surface area contributed by atoms with Crippen molar-refractivity contribution in [2.45, 2.75) is 31.7 Å². The molecule has 1 heterocycles. The summed E-state index contributed by atoms with van der Waals surface area (Å²) in [7, 11) is 3.15. The van der Waals surface area contributed by atoms with E-state index in [1.807, 2.05) is 78.9 Å². The van der Waals surface area contributed by atoms with Crippen molar-refractivity contribution in [1.29, 1.82) is 0 Å². The number of nitrogens with zero attached hydrogens (tertiary/aromatic N) is 1. The number of phenols is 1. The second kappa shape index (κ2) is 19.4. The van der Waals surface area contributed by atoms with Gasteiger partial charge in [0.1, 0.15) is 29.6 Å². The SMILES string of the molecule is COc1ccc(CN(CCCNCC(O)c2ccc(O)c3[nH]c(=O)ccc23)C(=O)c2ccc(COc3cccc([C@@H](NC(=O)O)c4ccccc4)c3)cc2)c(OC)c1. The standard InChI is InChI=1S/C45H46N4O9/c1-56-34-17-16-33(40(25-34)57-2)27-49(23-7-22-46-26-39(51)36-18-20-38(50)43-37(36)19-21-41(52)47-43)44(53)31-14-12-29(13-15-31)28-58-35-11-6-10-32(24-35)42(48-45(54)55)30-8-4-3-5-9-30/h3-6,8-21,24-25,39,42,46,48,50-51H,7,22-23,26-28H2,1-2H3,(H,47,52)(H,54,55)/t39?,42-/m0/s1. The molecule has 0 fully saturated rings. The number of rotatable bonds is 18. The minimum absolute atomic E-state index is 0.0785. The van der Waals surface area contributed by atoms with E-state index in [2.05, 4.69) is 15.6 Å². The molecule has 0 saturated carbocycles. The highest BCUT2D eigenvalue weighted by Crippen LogP contribution is 2.30. The van der Waals surface area contributed by atoms with Gasteiger partial charge in [-0.25, -0.2) is 4.79 Å². The summed E-state index contributed by atoms with van der Waals surface area (Å²) in [5.74, 6) is 1.53. The zero-order valence-electron chi connectivity index (χ0n) is 32.2. The Balaban J connectivity index is 1.10. The first kappa shape index (κ1) is 40.8. The normalized spacial score (nSPS) is 12.1. The van der Waals surface area contributed by atoms with E-state index < -0.39 is 18.2 Å². The zero-order chi connectivity index (χ0) is 41.0. The number of carbonyl (C=O) groups excluding carboxylic acids is 1.